The molecule has 0 radical (unpaired) electrons. The lowest BCUT2D eigenvalue weighted by Gasteiger charge is -2.52. The summed E-state index contributed by atoms with van der Waals surface area (Å²) >= 11 is 0. The molecule has 0 amide bonds. The summed E-state index contributed by atoms with van der Waals surface area (Å²) in [5.74, 6) is 0.609. The molecule has 1 fully saturated rings. The highest BCUT2D eigenvalue weighted by molar-refractivity contribution is 4.90. The third-order valence-electron chi connectivity index (χ3n) is 3.52. The van der Waals surface area contributed by atoms with Crippen molar-refractivity contribution in [2.45, 2.75) is 73.3 Å². The monoisotopic (exact) mass is 227 g/mol. The molecular formula is C14H29NO. The fourth-order valence-corrected chi connectivity index (χ4v) is 2.26. The molecule has 0 aromatic rings. The Labute approximate surface area is 101 Å². The summed E-state index contributed by atoms with van der Waals surface area (Å²) in [6.45, 7) is 19.2. The van der Waals surface area contributed by atoms with E-state index >= 15 is 0 Å². The Kier molecular flexibility index (Phi) is 3.76. The van der Waals surface area contributed by atoms with E-state index in [-0.39, 0.29) is 17.2 Å². The molecule has 1 rings (SSSR count). The molecule has 0 aromatic heterocycles. The van der Waals surface area contributed by atoms with Gasteiger partial charge in [-0.3, -0.25) is 4.90 Å². The topological polar surface area (TPSA) is 12.5 Å². The van der Waals surface area contributed by atoms with E-state index in [0.717, 1.165) is 6.54 Å². The van der Waals surface area contributed by atoms with Crippen molar-refractivity contribution in [1.82, 2.24) is 4.90 Å². The van der Waals surface area contributed by atoms with Crippen molar-refractivity contribution in [2.75, 3.05) is 6.54 Å². The molecule has 96 valence electrons. The normalized spacial score (nSPS) is 34.1. The van der Waals surface area contributed by atoms with Crippen LogP contribution in [0.4, 0.5) is 0 Å². The number of rotatable bonds is 0. The molecule has 0 saturated carbocycles. The van der Waals surface area contributed by atoms with Crippen LogP contribution in [0.15, 0.2) is 0 Å². The van der Waals surface area contributed by atoms with Crippen LogP contribution in [0.5, 0.6) is 0 Å². The van der Waals surface area contributed by atoms with E-state index in [0.29, 0.717) is 12.0 Å². The fourth-order valence-electron chi connectivity index (χ4n) is 2.26. The SMILES string of the molecule is CC1CN(C(C)(C)C)C(C(C)(C)C)OC1C. The van der Waals surface area contributed by atoms with Crippen molar-refractivity contribution in [3.05, 3.63) is 0 Å². The van der Waals surface area contributed by atoms with Gasteiger partial charge in [0, 0.05) is 17.5 Å². The van der Waals surface area contributed by atoms with Crippen LogP contribution in [0.3, 0.4) is 0 Å². The molecule has 1 aliphatic heterocycles. The molecule has 3 atom stereocenters. The highest BCUT2D eigenvalue weighted by atomic mass is 16.5. The van der Waals surface area contributed by atoms with Crippen LogP contribution in [0.1, 0.15) is 55.4 Å². The quantitative estimate of drug-likeness (QED) is 0.628. The lowest BCUT2D eigenvalue weighted by molar-refractivity contribution is -0.221. The van der Waals surface area contributed by atoms with Crippen LogP contribution < -0.4 is 0 Å². The molecule has 0 bridgehead atoms. The van der Waals surface area contributed by atoms with Gasteiger partial charge in [0.1, 0.15) is 6.23 Å². The van der Waals surface area contributed by atoms with Crippen molar-refractivity contribution in [3.63, 3.8) is 0 Å². The predicted octanol–water partition coefficient (Wildman–Crippen LogP) is 3.51. The Morgan fingerprint density at radius 1 is 1.00 bits per heavy atom. The van der Waals surface area contributed by atoms with Crippen molar-refractivity contribution >= 4 is 0 Å². The van der Waals surface area contributed by atoms with E-state index in [1.54, 1.807) is 0 Å². The summed E-state index contributed by atoms with van der Waals surface area (Å²) in [6.07, 6.45) is 0.585. The summed E-state index contributed by atoms with van der Waals surface area (Å²) in [4.78, 5) is 2.51. The van der Waals surface area contributed by atoms with Crippen LogP contribution in [0.2, 0.25) is 0 Å². The standard InChI is InChI=1S/C14H29NO/c1-10-9-15(14(6,7)8)12(13(3,4)5)16-11(10)2/h10-12H,9H2,1-8H3. The third-order valence-corrected chi connectivity index (χ3v) is 3.52. The largest absolute Gasteiger partial charge is 0.359 e. The molecule has 1 aliphatic rings. The molecule has 2 heteroatoms. The van der Waals surface area contributed by atoms with Gasteiger partial charge in [-0.15, -0.1) is 0 Å². The van der Waals surface area contributed by atoms with Crippen molar-refractivity contribution < 1.29 is 4.74 Å². The first-order valence-corrected chi connectivity index (χ1v) is 6.45. The molecule has 0 aromatic carbocycles. The first-order chi connectivity index (χ1) is 7.03. The smallest absolute Gasteiger partial charge is 0.116 e. The number of hydrogen-bond donors (Lipinski definition) is 0. The lowest BCUT2D eigenvalue weighted by Crippen LogP contribution is -2.61. The van der Waals surface area contributed by atoms with Crippen LogP contribution in [0.25, 0.3) is 0 Å². The zero-order valence-corrected chi connectivity index (χ0v) is 12.3. The minimum Gasteiger partial charge on any atom is -0.359 e. The van der Waals surface area contributed by atoms with Crippen LogP contribution in [0, 0.1) is 11.3 Å². The second kappa shape index (κ2) is 4.30. The van der Waals surface area contributed by atoms with Gasteiger partial charge in [0.15, 0.2) is 0 Å². The van der Waals surface area contributed by atoms with Gasteiger partial charge in [0.25, 0.3) is 0 Å². The Morgan fingerprint density at radius 3 is 1.88 bits per heavy atom. The van der Waals surface area contributed by atoms with Gasteiger partial charge >= 0.3 is 0 Å². The van der Waals surface area contributed by atoms with Crippen molar-refractivity contribution in [2.24, 2.45) is 11.3 Å². The average Bonchev–Trinajstić information content (AvgIpc) is 2.05. The Balaban J connectivity index is 2.93. The van der Waals surface area contributed by atoms with E-state index in [4.69, 9.17) is 4.74 Å². The highest BCUT2D eigenvalue weighted by Crippen LogP contribution is 2.36. The van der Waals surface area contributed by atoms with Crippen molar-refractivity contribution in [3.8, 4) is 0 Å². The fraction of sp³-hybridized carbons (Fsp3) is 1.00. The minimum atomic E-state index is 0.168. The average molecular weight is 227 g/mol. The lowest BCUT2D eigenvalue weighted by atomic mass is 9.87. The number of nitrogens with zero attached hydrogens (tertiary/aromatic N) is 1. The van der Waals surface area contributed by atoms with Gasteiger partial charge in [0.2, 0.25) is 0 Å². The first kappa shape index (κ1) is 14.0. The van der Waals surface area contributed by atoms with Crippen LogP contribution in [-0.2, 0) is 4.74 Å². The van der Waals surface area contributed by atoms with Gasteiger partial charge in [0.05, 0.1) is 6.10 Å². The minimum absolute atomic E-state index is 0.168. The molecule has 1 saturated heterocycles. The molecule has 0 N–H and O–H groups in total. The van der Waals surface area contributed by atoms with Gasteiger partial charge in [-0.25, -0.2) is 0 Å². The second-order valence-electron chi connectivity index (χ2n) is 7.36. The van der Waals surface area contributed by atoms with E-state index < -0.39 is 0 Å². The van der Waals surface area contributed by atoms with E-state index in [9.17, 15) is 0 Å². The van der Waals surface area contributed by atoms with E-state index in [2.05, 4.69) is 60.3 Å². The zero-order valence-electron chi connectivity index (χ0n) is 12.3. The van der Waals surface area contributed by atoms with Crippen LogP contribution >= 0.6 is 0 Å². The Hall–Kier alpha value is -0.0800. The molecular weight excluding hydrogens is 198 g/mol. The third kappa shape index (κ3) is 2.98. The van der Waals surface area contributed by atoms with Gasteiger partial charge in [-0.2, -0.15) is 0 Å². The molecule has 1 heterocycles. The summed E-state index contributed by atoms with van der Waals surface area (Å²) in [5, 5.41) is 0. The van der Waals surface area contributed by atoms with E-state index in [1.807, 2.05) is 0 Å². The molecule has 16 heavy (non-hydrogen) atoms. The summed E-state index contributed by atoms with van der Waals surface area (Å²) in [7, 11) is 0. The molecule has 3 unspecified atom stereocenters. The second-order valence-corrected chi connectivity index (χ2v) is 7.36. The molecule has 2 nitrogen and oxygen atoms in total. The first-order valence-electron chi connectivity index (χ1n) is 6.45. The zero-order chi connectivity index (χ0) is 12.7. The van der Waals surface area contributed by atoms with Gasteiger partial charge in [-0.1, -0.05) is 27.7 Å². The van der Waals surface area contributed by atoms with Crippen LogP contribution in [-0.4, -0.2) is 29.3 Å². The Bertz CT molecular complexity index is 210. The number of hydrogen-bond acceptors (Lipinski definition) is 2. The number of ether oxygens (including phenoxy) is 1. The maximum absolute atomic E-state index is 6.23. The summed E-state index contributed by atoms with van der Waals surface area (Å²) in [5.41, 5.74) is 0.341. The van der Waals surface area contributed by atoms with Crippen molar-refractivity contribution in [1.29, 1.82) is 0 Å². The summed E-state index contributed by atoms with van der Waals surface area (Å²) in [6, 6.07) is 0. The Morgan fingerprint density at radius 2 is 1.50 bits per heavy atom. The van der Waals surface area contributed by atoms with Gasteiger partial charge in [-0.05, 0) is 33.6 Å². The highest BCUT2D eigenvalue weighted by Gasteiger charge is 2.42. The summed E-state index contributed by atoms with van der Waals surface area (Å²) < 4.78 is 6.23. The molecule has 0 aliphatic carbocycles. The van der Waals surface area contributed by atoms with E-state index in [1.165, 1.54) is 0 Å². The maximum Gasteiger partial charge on any atom is 0.116 e. The predicted molar refractivity (Wildman–Crippen MR) is 69.4 cm³/mol. The maximum atomic E-state index is 6.23. The molecule has 0 spiro atoms. The van der Waals surface area contributed by atoms with Gasteiger partial charge < -0.3 is 4.74 Å².